The Balaban J connectivity index is 2.67. The quantitative estimate of drug-likeness (QED) is 0.717. The number of methoxy groups -OCH3 is 1. The van der Waals surface area contributed by atoms with Crippen LogP contribution in [0.5, 0.6) is 5.75 Å². The lowest BCUT2D eigenvalue weighted by Crippen LogP contribution is -2.00. The summed E-state index contributed by atoms with van der Waals surface area (Å²) in [4.78, 5) is 15.3. The SMILES string of the molecule is COC(=O)c1cc(O)c2cccnc2c1. The van der Waals surface area contributed by atoms with Gasteiger partial charge in [0.1, 0.15) is 5.75 Å². The van der Waals surface area contributed by atoms with Crippen molar-refractivity contribution in [2.45, 2.75) is 0 Å². The fourth-order valence-corrected chi connectivity index (χ4v) is 1.40. The van der Waals surface area contributed by atoms with Crippen LogP contribution >= 0.6 is 0 Å². The summed E-state index contributed by atoms with van der Waals surface area (Å²) in [6.45, 7) is 0. The molecule has 15 heavy (non-hydrogen) atoms. The molecule has 1 N–H and O–H groups in total. The van der Waals surface area contributed by atoms with Crippen molar-refractivity contribution in [3.8, 4) is 5.75 Å². The largest absolute Gasteiger partial charge is 0.507 e. The third-order valence-corrected chi connectivity index (χ3v) is 2.12. The van der Waals surface area contributed by atoms with Crippen molar-refractivity contribution in [2.75, 3.05) is 7.11 Å². The van der Waals surface area contributed by atoms with Crippen LogP contribution < -0.4 is 0 Å². The third kappa shape index (κ3) is 1.61. The maximum atomic E-state index is 11.2. The van der Waals surface area contributed by atoms with Gasteiger partial charge in [0.25, 0.3) is 0 Å². The molecular formula is C11H9NO3. The number of rotatable bonds is 1. The predicted octanol–water partition coefficient (Wildman–Crippen LogP) is 1.73. The summed E-state index contributed by atoms with van der Waals surface area (Å²) < 4.78 is 4.56. The minimum absolute atomic E-state index is 0.0287. The van der Waals surface area contributed by atoms with E-state index in [4.69, 9.17) is 0 Å². The average molecular weight is 203 g/mol. The fraction of sp³-hybridized carbons (Fsp3) is 0.0909. The first-order chi connectivity index (χ1) is 7.22. The van der Waals surface area contributed by atoms with Gasteiger partial charge in [0.05, 0.1) is 18.2 Å². The molecule has 0 aliphatic heterocycles. The molecule has 1 aromatic carbocycles. The van der Waals surface area contributed by atoms with Gasteiger partial charge in [-0.15, -0.1) is 0 Å². The summed E-state index contributed by atoms with van der Waals surface area (Å²) >= 11 is 0. The van der Waals surface area contributed by atoms with E-state index in [-0.39, 0.29) is 5.75 Å². The zero-order valence-electron chi connectivity index (χ0n) is 8.10. The predicted molar refractivity (Wildman–Crippen MR) is 54.7 cm³/mol. The van der Waals surface area contributed by atoms with Gasteiger partial charge in [0.2, 0.25) is 0 Å². The topological polar surface area (TPSA) is 59.4 Å². The summed E-state index contributed by atoms with van der Waals surface area (Å²) in [6.07, 6.45) is 1.60. The van der Waals surface area contributed by atoms with Gasteiger partial charge in [-0.25, -0.2) is 4.79 Å². The van der Waals surface area contributed by atoms with Crippen LogP contribution in [0.3, 0.4) is 0 Å². The number of hydrogen-bond acceptors (Lipinski definition) is 4. The van der Waals surface area contributed by atoms with Crippen LogP contribution in [0.4, 0.5) is 0 Å². The summed E-state index contributed by atoms with van der Waals surface area (Å²) in [5.41, 5.74) is 0.860. The van der Waals surface area contributed by atoms with Gasteiger partial charge in [-0.2, -0.15) is 0 Å². The number of nitrogens with zero attached hydrogens (tertiary/aromatic N) is 1. The van der Waals surface area contributed by atoms with Crippen molar-refractivity contribution in [3.63, 3.8) is 0 Å². The number of carbonyl (C=O) groups is 1. The highest BCUT2D eigenvalue weighted by Crippen LogP contribution is 2.24. The van der Waals surface area contributed by atoms with E-state index >= 15 is 0 Å². The molecule has 4 nitrogen and oxygen atoms in total. The van der Waals surface area contributed by atoms with Crippen molar-refractivity contribution < 1.29 is 14.6 Å². The van der Waals surface area contributed by atoms with E-state index < -0.39 is 5.97 Å². The number of phenols is 1. The Morgan fingerprint density at radius 2 is 2.27 bits per heavy atom. The molecule has 0 bridgehead atoms. The standard InChI is InChI=1S/C11H9NO3/c1-15-11(14)7-5-9-8(10(13)6-7)3-2-4-12-9/h2-6,13H,1H3. The van der Waals surface area contributed by atoms with Crippen LogP contribution in [0, 0.1) is 0 Å². The van der Waals surface area contributed by atoms with Crippen LogP contribution in [-0.2, 0) is 4.74 Å². The molecule has 76 valence electrons. The van der Waals surface area contributed by atoms with Crippen LogP contribution in [0.25, 0.3) is 10.9 Å². The number of carbonyl (C=O) groups excluding carboxylic acids is 1. The Morgan fingerprint density at radius 1 is 1.47 bits per heavy atom. The summed E-state index contributed by atoms with van der Waals surface area (Å²) in [7, 11) is 1.29. The van der Waals surface area contributed by atoms with Crippen LogP contribution in [0.15, 0.2) is 30.5 Å². The molecule has 0 amide bonds. The molecule has 0 aliphatic carbocycles. The van der Waals surface area contributed by atoms with Gasteiger partial charge in [0, 0.05) is 11.6 Å². The second-order valence-electron chi connectivity index (χ2n) is 3.06. The first-order valence-electron chi connectivity index (χ1n) is 4.38. The molecule has 0 spiro atoms. The van der Waals surface area contributed by atoms with Crippen molar-refractivity contribution in [3.05, 3.63) is 36.0 Å². The zero-order valence-corrected chi connectivity index (χ0v) is 8.10. The van der Waals surface area contributed by atoms with Crippen LogP contribution in [0.2, 0.25) is 0 Å². The molecule has 0 unspecified atom stereocenters. The number of phenolic OH excluding ortho intramolecular Hbond substituents is 1. The molecule has 0 radical (unpaired) electrons. The molecule has 2 rings (SSSR count). The van der Waals surface area contributed by atoms with Gasteiger partial charge >= 0.3 is 5.97 Å². The van der Waals surface area contributed by atoms with E-state index in [1.54, 1.807) is 24.4 Å². The monoisotopic (exact) mass is 203 g/mol. The Bertz CT molecular complexity index is 522. The summed E-state index contributed by atoms with van der Waals surface area (Å²) in [5, 5.41) is 10.3. The Hall–Kier alpha value is -2.10. The molecular weight excluding hydrogens is 194 g/mol. The van der Waals surface area contributed by atoms with E-state index in [2.05, 4.69) is 9.72 Å². The Labute approximate surface area is 86.1 Å². The van der Waals surface area contributed by atoms with Crippen LogP contribution in [0.1, 0.15) is 10.4 Å². The van der Waals surface area contributed by atoms with E-state index in [9.17, 15) is 9.90 Å². The zero-order chi connectivity index (χ0) is 10.8. The molecule has 0 atom stereocenters. The molecule has 2 aromatic rings. The maximum Gasteiger partial charge on any atom is 0.338 e. The second kappa shape index (κ2) is 3.57. The smallest absolute Gasteiger partial charge is 0.338 e. The first-order valence-corrected chi connectivity index (χ1v) is 4.38. The van der Waals surface area contributed by atoms with E-state index in [0.29, 0.717) is 16.5 Å². The Morgan fingerprint density at radius 3 is 3.00 bits per heavy atom. The lowest BCUT2D eigenvalue weighted by Gasteiger charge is -2.03. The highest BCUT2D eigenvalue weighted by atomic mass is 16.5. The Kier molecular flexibility index (Phi) is 2.25. The number of aromatic nitrogens is 1. The molecule has 0 saturated carbocycles. The van der Waals surface area contributed by atoms with E-state index in [1.807, 2.05) is 0 Å². The summed E-state index contributed by atoms with van der Waals surface area (Å²) in [5.74, 6) is -0.459. The number of ether oxygens (including phenoxy) is 1. The van der Waals surface area contributed by atoms with Crippen molar-refractivity contribution in [1.82, 2.24) is 4.98 Å². The van der Waals surface area contributed by atoms with Gasteiger partial charge in [-0.05, 0) is 24.3 Å². The molecule has 0 fully saturated rings. The highest BCUT2D eigenvalue weighted by Gasteiger charge is 2.09. The highest BCUT2D eigenvalue weighted by molar-refractivity contribution is 5.96. The van der Waals surface area contributed by atoms with Crippen molar-refractivity contribution in [1.29, 1.82) is 0 Å². The minimum atomic E-state index is -0.488. The van der Waals surface area contributed by atoms with Crippen molar-refractivity contribution in [2.24, 2.45) is 0 Å². The lowest BCUT2D eigenvalue weighted by molar-refractivity contribution is 0.0600. The fourth-order valence-electron chi connectivity index (χ4n) is 1.40. The lowest BCUT2D eigenvalue weighted by atomic mass is 10.1. The first kappa shape index (κ1) is 9.45. The van der Waals surface area contributed by atoms with Gasteiger partial charge in [0.15, 0.2) is 0 Å². The molecule has 0 aliphatic rings. The van der Waals surface area contributed by atoms with Gasteiger partial charge in [-0.3, -0.25) is 4.98 Å². The van der Waals surface area contributed by atoms with Gasteiger partial charge < -0.3 is 9.84 Å². The number of esters is 1. The number of benzene rings is 1. The summed E-state index contributed by atoms with van der Waals surface area (Å²) in [6, 6.07) is 6.41. The molecule has 1 aromatic heterocycles. The van der Waals surface area contributed by atoms with Crippen LogP contribution in [-0.4, -0.2) is 23.2 Å². The number of hydrogen-bond donors (Lipinski definition) is 1. The van der Waals surface area contributed by atoms with E-state index in [0.717, 1.165) is 0 Å². The second-order valence-corrected chi connectivity index (χ2v) is 3.06. The number of pyridine rings is 1. The minimum Gasteiger partial charge on any atom is -0.507 e. The molecule has 1 heterocycles. The average Bonchev–Trinajstić information content (AvgIpc) is 2.28. The number of aromatic hydroxyl groups is 1. The van der Waals surface area contributed by atoms with E-state index in [1.165, 1.54) is 13.2 Å². The molecule has 4 heteroatoms. The van der Waals surface area contributed by atoms with Gasteiger partial charge in [-0.1, -0.05) is 0 Å². The van der Waals surface area contributed by atoms with Crippen molar-refractivity contribution >= 4 is 16.9 Å². The molecule has 0 saturated heterocycles. The number of fused-ring (bicyclic) bond motifs is 1. The maximum absolute atomic E-state index is 11.2. The third-order valence-electron chi connectivity index (χ3n) is 2.12. The normalized spacial score (nSPS) is 10.2.